The Morgan fingerprint density at radius 3 is 2.65 bits per heavy atom. The number of hydrogen-bond donors (Lipinski definition) is 0. The molecule has 0 atom stereocenters. The Morgan fingerprint density at radius 1 is 1.29 bits per heavy atom. The minimum Gasteiger partial charge on any atom is -0.276 e. The van der Waals surface area contributed by atoms with E-state index in [0.29, 0.717) is 19.4 Å². The van der Waals surface area contributed by atoms with E-state index >= 15 is 0 Å². The van der Waals surface area contributed by atoms with Gasteiger partial charge in [-0.05, 0) is 18.6 Å². The van der Waals surface area contributed by atoms with Crippen molar-refractivity contribution in [2.45, 2.75) is 26.2 Å². The Bertz CT molecular complexity index is 409. The van der Waals surface area contributed by atoms with Gasteiger partial charge in [-0.25, -0.2) is 0 Å². The number of nitrogens with zero attached hydrogens (tertiary/aromatic N) is 2. The third-order valence-electron chi connectivity index (χ3n) is 2.83. The van der Waals surface area contributed by atoms with Crippen LogP contribution in [-0.4, -0.2) is 23.4 Å². The minimum atomic E-state index is -0.140. The van der Waals surface area contributed by atoms with Gasteiger partial charge in [-0.3, -0.25) is 14.6 Å². The van der Waals surface area contributed by atoms with Crippen LogP contribution in [0.25, 0.3) is 0 Å². The fourth-order valence-corrected chi connectivity index (χ4v) is 1.99. The number of imide groups is 1. The number of anilines is 1. The zero-order chi connectivity index (χ0) is 12.3. The Kier molecular flexibility index (Phi) is 3.42. The molecule has 0 radical (unpaired) electrons. The molecule has 1 aliphatic rings. The summed E-state index contributed by atoms with van der Waals surface area (Å²) in [5.74, 6) is -0.245. The highest BCUT2D eigenvalue weighted by atomic mass is 16.2. The molecular formula is C13H16N2O2. The number of carbonyl (C=O) groups excluding carboxylic acids is 2. The second-order valence-corrected chi connectivity index (χ2v) is 4.02. The number of para-hydroxylation sites is 1. The van der Waals surface area contributed by atoms with E-state index in [-0.39, 0.29) is 11.8 Å². The van der Waals surface area contributed by atoms with Crippen molar-refractivity contribution in [1.82, 2.24) is 5.01 Å². The van der Waals surface area contributed by atoms with Crippen LogP contribution in [-0.2, 0) is 9.59 Å². The average molecular weight is 232 g/mol. The summed E-state index contributed by atoms with van der Waals surface area (Å²) in [4.78, 5) is 23.7. The Balaban J connectivity index is 2.30. The molecular weight excluding hydrogens is 216 g/mol. The van der Waals surface area contributed by atoms with E-state index < -0.39 is 0 Å². The normalized spacial score (nSPS) is 16.2. The molecule has 2 rings (SSSR count). The van der Waals surface area contributed by atoms with E-state index in [9.17, 15) is 9.59 Å². The first-order chi connectivity index (χ1) is 8.24. The van der Waals surface area contributed by atoms with Gasteiger partial charge < -0.3 is 0 Å². The Morgan fingerprint density at radius 2 is 2.00 bits per heavy atom. The number of amides is 2. The molecule has 0 saturated carbocycles. The quantitative estimate of drug-likeness (QED) is 0.782. The molecule has 1 fully saturated rings. The SMILES string of the molecule is CCC(=O)N1C(=O)CCCN1c1ccccc1. The van der Waals surface area contributed by atoms with Gasteiger partial charge in [0.05, 0.1) is 5.69 Å². The largest absolute Gasteiger partial charge is 0.276 e. The molecule has 1 saturated heterocycles. The van der Waals surface area contributed by atoms with Gasteiger partial charge >= 0.3 is 0 Å². The van der Waals surface area contributed by atoms with Crippen LogP contribution in [0.4, 0.5) is 5.69 Å². The van der Waals surface area contributed by atoms with Gasteiger partial charge in [0.1, 0.15) is 0 Å². The van der Waals surface area contributed by atoms with Gasteiger partial charge in [0.2, 0.25) is 11.8 Å². The van der Waals surface area contributed by atoms with Crippen molar-refractivity contribution in [2.75, 3.05) is 11.6 Å². The zero-order valence-electron chi connectivity index (χ0n) is 9.93. The van der Waals surface area contributed by atoms with Gasteiger partial charge in [0, 0.05) is 19.4 Å². The average Bonchev–Trinajstić information content (AvgIpc) is 2.38. The van der Waals surface area contributed by atoms with Gasteiger partial charge in [0.25, 0.3) is 0 Å². The van der Waals surface area contributed by atoms with Crippen LogP contribution in [0.3, 0.4) is 0 Å². The van der Waals surface area contributed by atoms with Gasteiger partial charge in [0.15, 0.2) is 0 Å². The molecule has 4 nitrogen and oxygen atoms in total. The summed E-state index contributed by atoms with van der Waals surface area (Å²) in [6.45, 7) is 2.48. The molecule has 1 aliphatic heterocycles. The highest BCUT2D eigenvalue weighted by molar-refractivity contribution is 5.97. The number of rotatable bonds is 2. The van der Waals surface area contributed by atoms with Crippen molar-refractivity contribution < 1.29 is 9.59 Å². The summed E-state index contributed by atoms with van der Waals surface area (Å²) in [6, 6.07) is 9.55. The van der Waals surface area contributed by atoms with Crippen molar-refractivity contribution in [2.24, 2.45) is 0 Å². The Labute approximate surface area is 101 Å². The van der Waals surface area contributed by atoms with Crippen LogP contribution < -0.4 is 5.01 Å². The van der Waals surface area contributed by atoms with Crippen LogP contribution in [0, 0.1) is 0 Å². The molecule has 1 heterocycles. The van der Waals surface area contributed by atoms with Crippen LogP contribution >= 0.6 is 0 Å². The molecule has 1 aromatic carbocycles. The summed E-state index contributed by atoms with van der Waals surface area (Å²) < 4.78 is 0. The first-order valence-electron chi connectivity index (χ1n) is 5.92. The molecule has 0 bridgehead atoms. The zero-order valence-corrected chi connectivity index (χ0v) is 9.93. The molecule has 0 aromatic heterocycles. The topological polar surface area (TPSA) is 40.6 Å². The Hall–Kier alpha value is -1.84. The lowest BCUT2D eigenvalue weighted by Crippen LogP contribution is -2.53. The van der Waals surface area contributed by atoms with E-state index in [1.165, 1.54) is 5.01 Å². The lowest BCUT2D eigenvalue weighted by molar-refractivity contribution is -0.147. The lowest BCUT2D eigenvalue weighted by atomic mass is 10.2. The molecule has 0 aliphatic carbocycles. The summed E-state index contributed by atoms with van der Waals surface area (Å²) in [6.07, 6.45) is 1.59. The lowest BCUT2D eigenvalue weighted by Gasteiger charge is -2.38. The molecule has 1 aromatic rings. The predicted molar refractivity (Wildman–Crippen MR) is 65.2 cm³/mol. The summed E-state index contributed by atoms with van der Waals surface area (Å²) >= 11 is 0. The van der Waals surface area contributed by atoms with Crippen molar-refractivity contribution in [3.63, 3.8) is 0 Å². The highest BCUT2D eigenvalue weighted by Crippen LogP contribution is 2.22. The maximum Gasteiger partial charge on any atom is 0.248 e. The van der Waals surface area contributed by atoms with E-state index in [1.807, 2.05) is 30.3 Å². The number of hydrazine groups is 1. The molecule has 2 amide bonds. The minimum absolute atomic E-state index is 0.105. The van der Waals surface area contributed by atoms with Crippen LogP contribution in [0.2, 0.25) is 0 Å². The maximum atomic E-state index is 11.8. The summed E-state index contributed by atoms with van der Waals surface area (Å²) in [7, 11) is 0. The van der Waals surface area contributed by atoms with Gasteiger partial charge in [-0.2, -0.15) is 5.01 Å². The van der Waals surface area contributed by atoms with Crippen LogP contribution in [0.1, 0.15) is 26.2 Å². The molecule has 0 N–H and O–H groups in total. The third-order valence-corrected chi connectivity index (χ3v) is 2.83. The number of carbonyl (C=O) groups is 2. The van der Waals surface area contributed by atoms with Gasteiger partial charge in [-0.1, -0.05) is 25.1 Å². The van der Waals surface area contributed by atoms with Crippen LogP contribution in [0.5, 0.6) is 0 Å². The first-order valence-corrected chi connectivity index (χ1v) is 5.92. The fourth-order valence-electron chi connectivity index (χ4n) is 1.99. The number of hydrogen-bond acceptors (Lipinski definition) is 3. The monoisotopic (exact) mass is 232 g/mol. The number of benzene rings is 1. The molecule has 4 heteroatoms. The predicted octanol–water partition coefficient (Wildman–Crippen LogP) is 1.97. The van der Waals surface area contributed by atoms with Crippen molar-refractivity contribution in [3.05, 3.63) is 30.3 Å². The summed E-state index contributed by atoms with van der Waals surface area (Å²) in [5, 5.41) is 3.07. The molecule has 17 heavy (non-hydrogen) atoms. The second kappa shape index (κ2) is 4.99. The maximum absolute atomic E-state index is 11.8. The fraction of sp³-hybridized carbons (Fsp3) is 0.385. The molecule has 0 spiro atoms. The van der Waals surface area contributed by atoms with E-state index in [4.69, 9.17) is 0 Å². The smallest absolute Gasteiger partial charge is 0.248 e. The van der Waals surface area contributed by atoms with E-state index in [2.05, 4.69) is 0 Å². The third kappa shape index (κ3) is 2.30. The standard InChI is InChI=1S/C13H16N2O2/c1-2-12(16)15-13(17)9-6-10-14(15)11-7-4-3-5-8-11/h3-5,7-8H,2,6,9-10H2,1H3. The first kappa shape index (κ1) is 11.6. The van der Waals surface area contributed by atoms with Crippen molar-refractivity contribution in [1.29, 1.82) is 0 Å². The van der Waals surface area contributed by atoms with E-state index in [1.54, 1.807) is 11.9 Å². The van der Waals surface area contributed by atoms with E-state index in [0.717, 1.165) is 12.1 Å². The van der Waals surface area contributed by atoms with Gasteiger partial charge in [-0.15, -0.1) is 0 Å². The molecule has 90 valence electrons. The molecule has 0 unspecified atom stereocenters. The van der Waals surface area contributed by atoms with Crippen molar-refractivity contribution >= 4 is 17.5 Å². The second-order valence-electron chi connectivity index (χ2n) is 4.02. The highest BCUT2D eigenvalue weighted by Gasteiger charge is 2.30. The van der Waals surface area contributed by atoms with Crippen molar-refractivity contribution in [3.8, 4) is 0 Å². The summed E-state index contributed by atoms with van der Waals surface area (Å²) in [5.41, 5.74) is 0.891. The van der Waals surface area contributed by atoms with Crippen LogP contribution in [0.15, 0.2) is 30.3 Å².